The van der Waals surface area contributed by atoms with E-state index in [1.54, 1.807) is 0 Å². The number of para-hydroxylation sites is 1. The van der Waals surface area contributed by atoms with Crippen molar-refractivity contribution in [1.82, 2.24) is 9.80 Å². The molecule has 0 spiro atoms. The first-order valence-electron chi connectivity index (χ1n) is 7.66. The number of benzene rings is 1. The summed E-state index contributed by atoms with van der Waals surface area (Å²) in [5.41, 5.74) is 6.49. The molecule has 0 saturated carbocycles. The minimum atomic E-state index is -0.795. The molecule has 23 heavy (non-hydrogen) atoms. The van der Waals surface area contributed by atoms with Crippen molar-refractivity contribution in [1.29, 1.82) is 0 Å². The number of anilines is 1. The number of carbonyl (C=O) groups is 3. The summed E-state index contributed by atoms with van der Waals surface area (Å²) in [4.78, 5) is 40.5. The molecule has 0 aromatic heterocycles. The lowest BCUT2D eigenvalue weighted by Gasteiger charge is -2.36. The average molecular weight is 318 g/mol. The van der Waals surface area contributed by atoms with E-state index in [0.29, 0.717) is 26.2 Å². The lowest BCUT2D eigenvalue weighted by atomic mass is 10.2. The normalized spacial score (nSPS) is 14.5. The number of carbonyl (C=O) groups excluding carboxylic acids is 3. The van der Waals surface area contributed by atoms with Gasteiger partial charge in [0.1, 0.15) is 0 Å². The Hall–Kier alpha value is -2.41. The first-order valence-corrected chi connectivity index (χ1v) is 7.66. The highest BCUT2D eigenvalue weighted by atomic mass is 16.2. The Labute approximate surface area is 135 Å². The summed E-state index contributed by atoms with van der Waals surface area (Å²) >= 11 is 0. The lowest BCUT2D eigenvalue weighted by Crippen LogP contribution is -2.54. The number of hydrogen-bond acceptors (Lipinski definition) is 5. The number of nitrogens with zero attached hydrogens (tertiary/aromatic N) is 3. The molecular weight excluding hydrogens is 296 g/mol. The van der Waals surface area contributed by atoms with Gasteiger partial charge in [0.15, 0.2) is 0 Å². The Morgan fingerprint density at radius 2 is 1.70 bits per heavy atom. The molecule has 0 bridgehead atoms. The molecule has 3 amide bonds. The molecule has 124 valence electrons. The van der Waals surface area contributed by atoms with Crippen molar-refractivity contribution < 1.29 is 14.4 Å². The van der Waals surface area contributed by atoms with Crippen molar-refractivity contribution in [3.05, 3.63) is 30.3 Å². The second-order valence-corrected chi connectivity index (χ2v) is 5.38. The van der Waals surface area contributed by atoms with Crippen LogP contribution in [0.5, 0.6) is 0 Å². The van der Waals surface area contributed by atoms with Gasteiger partial charge in [-0.15, -0.1) is 0 Å². The van der Waals surface area contributed by atoms with E-state index < -0.39 is 17.7 Å². The Kier molecular flexibility index (Phi) is 5.70. The molecule has 0 aliphatic carbocycles. The highest BCUT2D eigenvalue weighted by Crippen LogP contribution is 2.15. The molecule has 7 nitrogen and oxygen atoms in total. The maximum atomic E-state index is 12.3. The maximum Gasteiger partial charge on any atom is 0.318 e. The van der Waals surface area contributed by atoms with E-state index in [0.717, 1.165) is 10.6 Å². The van der Waals surface area contributed by atoms with Crippen molar-refractivity contribution >= 4 is 23.4 Å². The number of piperazine rings is 1. The van der Waals surface area contributed by atoms with Crippen LogP contribution in [0, 0.1) is 0 Å². The van der Waals surface area contributed by atoms with Gasteiger partial charge >= 0.3 is 11.8 Å². The van der Waals surface area contributed by atoms with E-state index in [9.17, 15) is 14.4 Å². The van der Waals surface area contributed by atoms with Gasteiger partial charge in [0.05, 0.1) is 0 Å². The van der Waals surface area contributed by atoms with Crippen molar-refractivity contribution in [2.45, 2.75) is 6.92 Å². The summed E-state index contributed by atoms with van der Waals surface area (Å²) in [5.74, 6) is -1.89. The molecule has 0 unspecified atom stereocenters. The molecule has 1 aromatic carbocycles. The van der Waals surface area contributed by atoms with Crippen LogP contribution in [0.4, 0.5) is 5.69 Å². The van der Waals surface area contributed by atoms with Crippen molar-refractivity contribution in [2.75, 3.05) is 44.2 Å². The van der Waals surface area contributed by atoms with Crippen molar-refractivity contribution in [3.63, 3.8) is 0 Å². The number of rotatable bonds is 3. The molecular formula is C16H22N4O3. The molecule has 2 rings (SSSR count). The molecule has 1 aliphatic rings. The maximum absolute atomic E-state index is 12.3. The van der Waals surface area contributed by atoms with E-state index in [1.807, 2.05) is 30.3 Å². The molecule has 7 heteroatoms. The number of imide groups is 1. The molecule has 1 heterocycles. The van der Waals surface area contributed by atoms with Crippen LogP contribution in [0.3, 0.4) is 0 Å². The number of hydrogen-bond donors (Lipinski definition) is 1. The fourth-order valence-corrected chi connectivity index (χ4v) is 2.59. The predicted molar refractivity (Wildman–Crippen MR) is 86.7 cm³/mol. The van der Waals surface area contributed by atoms with E-state index in [1.165, 1.54) is 11.8 Å². The van der Waals surface area contributed by atoms with Gasteiger partial charge in [-0.05, 0) is 12.1 Å². The summed E-state index contributed by atoms with van der Waals surface area (Å²) in [5, 5.41) is 0. The van der Waals surface area contributed by atoms with Crippen LogP contribution in [0.15, 0.2) is 30.3 Å². The third-order valence-electron chi connectivity index (χ3n) is 3.85. The van der Waals surface area contributed by atoms with E-state index in [4.69, 9.17) is 5.73 Å². The Bertz CT molecular complexity index is 568. The van der Waals surface area contributed by atoms with Crippen LogP contribution in [0.25, 0.3) is 0 Å². The Morgan fingerprint density at radius 1 is 1.09 bits per heavy atom. The van der Waals surface area contributed by atoms with Gasteiger partial charge in [0.2, 0.25) is 5.91 Å². The molecule has 2 N–H and O–H groups in total. The summed E-state index contributed by atoms with van der Waals surface area (Å²) < 4.78 is 0. The van der Waals surface area contributed by atoms with Crippen molar-refractivity contribution in [2.24, 2.45) is 5.73 Å². The van der Waals surface area contributed by atoms with Crippen molar-refractivity contribution in [3.8, 4) is 0 Å². The third kappa shape index (κ3) is 4.07. The molecule has 1 aromatic rings. The lowest BCUT2D eigenvalue weighted by molar-refractivity contribution is -0.156. The van der Waals surface area contributed by atoms with Crippen LogP contribution in [-0.4, -0.2) is 66.8 Å². The van der Waals surface area contributed by atoms with Gasteiger partial charge in [-0.1, -0.05) is 18.2 Å². The third-order valence-corrected chi connectivity index (χ3v) is 3.85. The van der Waals surface area contributed by atoms with Gasteiger partial charge in [0.25, 0.3) is 0 Å². The standard InChI is InChI=1S/C16H22N4O3/c1-13(21)20(8-7-17)16(23)15(22)19-11-9-18(10-12-19)14-5-3-2-4-6-14/h2-6H,7-12,17H2,1H3. The molecule has 0 atom stereocenters. The molecule has 1 fully saturated rings. The zero-order chi connectivity index (χ0) is 16.8. The molecule has 0 radical (unpaired) electrons. The zero-order valence-electron chi connectivity index (χ0n) is 13.3. The summed E-state index contributed by atoms with van der Waals surface area (Å²) in [6.45, 7) is 3.67. The van der Waals surface area contributed by atoms with Crippen LogP contribution in [-0.2, 0) is 14.4 Å². The second-order valence-electron chi connectivity index (χ2n) is 5.38. The van der Waals surface area contributed by atoms with E-state index in [-0.39, 0.29) is 13.1 Å². The van der Waals surface area contributed by atoms with Gasteiger partial charge in [-0.3, -0.25) is 19.3 Å². The van der Waals surface area contributed by atoms with Gasteiger partial charge in [-0.2, -0.15) is 0 Å². The fraction of sp³-hybridized carbons (Fsp3) is 0.438. The van der Waals surface area contributed by atoms with Gasteiger partial charge in [0, 0.05) is 51.9 Å². The summed E-state index contributed by atoms with van der Waals surface area (Å²) in [6, 6.07) is 9.92. The minimum absolute atomic E-state index is 0.0594. The van der Waals surface area contributed by atoms with Crippen LogP contribution in [0.2, 0.25) is 0 Å². The zero-order valence-corrected chi connectivity index (χ0v) is 13.3. The predicted octanol–water partition coefficient (Wildman–Crippen LogP) is -0.331. The number of amides is 3. The first kappa shape index (κ1) is 17.0. The monoisotopic (exact) mass is 318 g/mol. The average Bonchev–Trinajstić information content (AvgIpc) is 2.59. The fourth-order valence-electron chi connectivity index (χ4n) is 2.59. The Balaban J connectivity index is 1.95. The highest BCUT2D eigenvalue weighted by molar-refractivity contribution is 6.37. The van der Waals surface area contributed by atoms with Crippen LogP contribution < -0.4 is 10.6 Å². The SMILES string of the molecule is CC(=O)N(CCN)C(=O)C(=O)N1CCN(c2ccccc2)CC1. The second kappa shape index (κ2) is 7.73. The van der Waals surface area contributed by atoms with Crippen LogP contribution in [0.1, 0.15) is 6.92 Å². The highest BCUT2D eigenvalue weighted by Gasteiger charge is 2.31. The van der Waals surface area contributed by atoms with Gasteiger partial charge in [-0.25, -0.2) is 0 Å². The quantitative estimate of drug-likeness (QED) is 0.771. The topological polar surface area (TPSA) is 86.9 Å². The molecule has 1 aliphatic heterocycles. The summed E-state index contributed by atoms with van der Waals surface area (Å²) in [6.07, 6.45) is 0. The van der Waals surface area contributed by atoms with E-state index >= 15 is 0 Å². The van der Waals surface area contributed by atoms with Gasteiger partial charge < -0.3 is 15.5 Å². The Morgan fingerprint density at radius 3 is 2.22 bits per heavy atom. The summed E-state index contributed by atoms with van der Waals surface area (Å²) in [7, 11) is 0. The van der Waals surface area contributed by atoms with Crippen LogP contribution >= 0.6 is 0 Å². The van der Waals surface area contributed by atoms with E-state index in [2.05, 4.69) is 4.90 Å². The smallest absolute Gasteiger partial charge is 0.318 e. The molecule has 1 saturated heterocycles. The first-order chi connectivity index (χ1) is 11.0. The largest absolute Gasteiger partial charge is 0.368 e. The number of nitrogens with two attached hydrogens (primary N) is 1. The minimum Gasteiger partial charge on any atom is -0.368 e.